The Morgan fingerprint density at radius 2 is 1.86 bits per heavy atom. The van der Waals surface area contributed by atoms with Crippen molar-refractivity contribution in [3.8, 4) is 0 Å². The van der Waals surface area contributed by atoms with Crippen LogP contribution in [0.5, 0.6) is 0 Å². The molecule has 3 amide bonds. The maximum absolute atomic E-state index is 12.4. The van der Waals surface area contributed by atoms with Crippen molar-refractivity contribution in [1.29, 1.82) is 0 Å². The van der Waals surface area contributed by atoms with E-state index in [1.54, 1.807) is 0 Å². The fraction of sp³-hybridized carbons (Fsp3) is 0.400. The summed E-state index contributed by atoms with van der Waals surface area (Å²) in [6, 6.07) is 7.07. The number of hydrogen-bond donors (Lipinski definition) is 1. The number of hydroxylamine groups is 2. The van der Waals surface area contributed by atoms with E-state index >= 15 is 0 Å². The van der Waals surface area contributed by atoms with Gasteiger partial charge in [-0.05, 0) is 12.5 Å². The van der Waals surface area contributed by atoms with Crippen LogP contribution in [0, 0.1) is 12.8 Å². The lowest BCUT2D eigenvalue weighted by Gasteiger charge is -2.25. The van der Waals surface area contributed by atoms with Crippen molar-refractivity contribution in [1.82, 2.24) is 9.96 Å². The summed E-state index contributed by atoms with van der Waals surface area (Å²) in [5.74, 6) is -1.92. The first-order valence-electron chi connectivity index (χ1n) is 7.00. The number of carbonyl (C=O) groups excluding carboxylic acids is 3. The number of fused-ring (bicyclic) bond motifs is 1. The summed E-state index contributed by atoms with van der Waals surface area (Å²) >= 11 is 0. The zero-order valence-electron chi connectivity index (χ0n) is 12.4. The predicted molar refractivity (Wildman–Crippen MR) is 76.0 cm³/mol. The number of primary amides is 1. The van der Waals surface area contributed by atoms with Crippen molar-refractivity contribution in [3.63, 3.8) is 0 Å². The van der Waals surface area contributed by atoms with Gasteiger partial charge in [0.2, 0.25) is 11.8 Å². The van der Waals surface area contributed by atoms with Gasteiger partial charge in [0, 0.05) is 7.05 Å². The highest BCUT2D eigenvalue weighted by Crippen LogP contribution is 2.43. The maximum atomic E-state index is 12.4. The maximum Gasteiger partial charge on any atom is 0.261 e. The van der Waals surface area contributed by atoms with Crippen LogP contribution >= 0.6 is 0 Å². The largest absolute Gasteiger partial charge is 0.368 e. The average molecular weight is 303 g/mol. The van der Waals surface area contributed by atoms with Gasteiger partial charge in [-0.1, -0.05) is 29.8 Å². The van der Waals surface area contributed by atoms with Gasteiger partial charge in [0.25, 0.3) is 5.91 Å². The molecule has 2 saturated heterocycles. The van der Waals surface area contributed by atoms with Gasteiger partial charge in [0.05, 0.1) is 12.0 Å². The molecule has 0 saturated carbocycles. The lowest BCUT2D eigenvalue weighted by Crippen LogP contribution is -2.38. The SMILES string of the molecule is Cc1ccc(C2C3C(=O)N(C)C(=O)C3ON2CC(N)=O)cc1. The van der Waals surface area contributed by atoms with Crippen molar-refractivity contribution in [2.75, 3.05) is 13.6 Å². The standard InChI is InChI=1S/C15H17N3O4/c1-8-3-5-9(6-4-8)12-11-13(15(21)17(2)14(11)20)22-18(12)7-10(16)19/h3-6,11-13H,7H2,1-2H3,(H2,16,19). The first kappa shape index (κ1) is 14.7. The zero-order valence-corrected chi connectivity index (χ0v) is 12.4. The van der Waals surface area contributed by atoms with E-state index < -0.39 is 24.0 Å². The lowest BCUT2D eigenvalue weighted by atomic mass is 9.90. The Labute approximate surface area is 127 Å². The van der Waals surface area contributed by atoms with Crippen molar-refractivity contribution in [2.24, 2.45) is 11.7 Å². The Kier molecular flexibility index (Phi) is 3.46. The van der Waals surface area contributed by atoms with Crippen molar-refractivity contribution >= 4 is 17.7 Å². The molecule has 116 valence electrons. The molecule has 3 atom stereocenters. The first-order chi connectivity index (χ1) is 10.4. The molecule has 0 radical (unpaired) electrons. The van der Waals surface area contributed by atoms with Gasteiger partial charge >= 0.3 is 0 Å². The summed E-state index contributed by atoms with van der Waals surface area (Å²) in [5.41, 5.74) is 7.13. The minimum absolute atomic E-state index is 0.171. The fourth-order valence-corrected chi connectivity index (χ4v) is 3.03. The molecule has 2 heterocycles. The summed E-state index contributed by atoms with van der Waals surface area (Å²) in [7, 11) is 1.44. The third-order valence-electron chi connectivity index (χ3n) is 4.15. The van der Waals surface area contributed by atoms with Crippen LogP contribution in [0.15, 0.2) is 24.3 Å². The van der Waals surface area contributed by atoms with E-state index in [1.807, 2.05) is 31.2 Å². The second kappa shape index (κ2) is 5.19. The summed E-state index contributed by atoms with van der Waals surface area (Å²) in [6.07, 6.45) is -0.886. The molecular formula is C15H17N3O4. The minimum atomic E-state index is -0.886. The number of amides is 3. The quantitative estimate of drug-likeness (QED) is 0.777. The number of likely N-dealkylation sites (N-methyl/N-ethyl adjacent to an activating group) is 1. The molecular weight excluding hydrogens is 286 g/mol. The molecule has 0 aromatic heterocycles. The number of rotatable bonds is 3. The van der Waals surface area contributed by atoms with Crippen LogP contribution in [0.3, 0.4) is 0 Å². The Balaban J connectivity index is 2.00. The first-order valence-corrected chi connectivity index (χ1v) is 7.00. The normalized spacial score (nSPS) is 28.3. The third-order valence-corrected chi connectivity index (χ3v) is 4.15. The molecule has 2 aliphatic heterocycles. The van der Waals surface area contributed by atoms with Gasteiger partial charge in [0.1, 0.15) is 6.54 Å². The van der Waals surface area contributed by atoms with E-state index in [4.69, 9.17) is 10.6 Å². The molecule has 7 nitrogen and oxygen atoms in total. The Morgan fingerprint density at radius 1 is 1.23 bits per heavy atom. The highest BCUT2D eigenvalue weighted by Gasteiger charge is 2.58. The number of carbonyl (C=O) groups is 3. The number of aryl methyl sites for hydroxylation is 1. The number of likely N-dealkylation sites (tertiary alicyclic amines) is 1. The molecule has 2 fully saturated rings. The van der Waals surface area contributed by atoms with Gasteiger partial charge in [0.15, 0.2) is 6.10 Å². The van der Waals surface area contributed by atoms with Crippen molar-refractivity contribution < 1.29 is 19.2 Å². The van der Waals surface area contributed by atoms with Crippen LogP contribution in [-0.2, 0) is 19.2 Å². The number of hydrogen-bond acceptors (Lipinski definition) is 5. The predicted octanol–water partition coefficient (Wildman–Crippen LogP) is -0.248. The van der Waals surface area contributed by atoms with Crippen LogP contribution in [0.1, 0.15) is 17.2 Å². The molecule has 3 rings (SSSR count). The van der Waals surface area contributed by atoms with E-state index in [2.05, 4.69) is 0 Å². The molecule has 3 unspecified atom stereocenters. The summed E-state index contributed by atoms with van der Waals surface area (Å²) in [6.45, 7) is 1.78. The summed E-state index contributed by atoms with van der Waals surface area (Å²) in [4.78, 5) is 42.4. The second-order valence-electron chi connectivity index (χ2n) is 5.68. The van der Waals surface area contributed by atoms with Crippen molar-refractivity contribution in [2.45, 2.75) is 19.1 Å². The van der Waals surface area contributed by atoms with Gasteiger partial charge in [-0.2, -0.15) is 5.06 Å². The second-order valence-corrected chi connectivity index (χ2v) is 5.68. The van der Waals surface area contributed by atoms with Crippen LogP contribution in [0.4, 0.5) is 0 Å². The van der Waals surface area contributed by atoms with Crippen molar-refractivity contribution in [3.05, 3.63) is 35.4 Å². The molecule has 0 aliphatic carbocycles. The molecule has 0 bridgehead atoms. The fourth-order valence-electron chi connectivity index (χ4n) is 3.03. The van der Waals surface area contributed by atoms with E-state index in [-0.39, 0.29) is 18.4 Å². The molecule has 2 N–H and O–H groups in total. The van der Waals surface area contributed by atoms with Gasteiger partial charge < -0.3 is 5.73 Å². The molecule has 1 aromatic rings. The van der Waals surface area contributed by atoms with E-state index in [0.717, 1.165) is 16.0 Å². The van der Waals surface area contributed by atoms with Crippen LogP contribution in [0.25, 0.3) is 0 Å². The topological polar surface area (TPSA) is 92.9 Å². The number of nitrogens with two attached hydrogens (primary N) is 1. The Bertz CT molecular complexity index is 643. The van der Waals surface area contributed by atoms with Gasteiger partial charge in [-0.3, -0.25) is 24.1 Å². The highest BCUT2D eigenvalue weighted by atomic mass is 16.7. The third kappa shape index (κ3) is 2.18. The Hall–Kier alpha value is -2.25. The smallest absolute Gasteiger partial charge is 0.261 e. The van der Waals surface area contributed by atoms with E-state index in [1.165, 1.54) is 12.1 Å². The molecule has 7 heteroatoms. The van der Waals surface area contributed by atoms with Crippen LogP contribution < -0.4 is 5.73 Å². The molecule has 1 aromatic carbocycles. The summed E-state index contributed by atoms with van der Waals surface area (Å²) < 4.78 is 0. The van der Waals surface area contributed by atoms with E-state index in [0.29, 0.717) is 0 Å². The van der Waals surface area contributed by atoms with Gasteiger partial charge in [-0.15, -0.1) is 0 Å². The molecule has 22 heavy (non-hydrogen) atoms. The average Bonchev–Trinajstić information content (AvgIpc) is 2.92. The lowest BCUT2D eigenvalue weighted by molar-refractivity contribution is -0.181. The minimum Gasteiger partial charge on any atom is -0.368 e. The van der Waals surface area contributed by atoms with E-state index in [9.17, 15) is 14.4 Å². The van der Waals surface area contributed by atoms with Crippen LogP contribution in [0.2, 0.25) is 0 Å². The van der Waals surface area contributed by atoms with Crippen LogP contribution in [-0.4, -0.2) is 47.4 Å². The number of benzene rings is 1. The van der Waals surface area contributed by atoms with Gasteiger partial charge in [-0.25, -0.2) is 0 Å². The molecule has 0 spiro atoms. The zero-order chi connectivity index (χ0) is 16.0. The highest BCUT2D eigenvalue weighted by molar-refractivity contribution is 6.07. The molecule has 2 aliphatic rings. The Morgan fingerprint density at radius 3 is 2.45 bits per heavy atom. The number of imide groups is 1. The summed E-state index contributed by atoms with van der Waals surface area (Å²) in [5, 5.41) is 1.35. The number of nitrogens with zero attached hydrogens (tertiary/aromatic N) is 2. The monoisotopic (exact) mass is 303 g/mol.